The molecule has 3 aliphatic rings. The van der Waals surface area contributed by atoms with Crippen LogP contribution >= 0.6 is 0 Å². The highest BCUT2D eigenvalue weighted by Gasteiger charge is 2.39. The number of halogens is 6. The predicted octanol–water partition coefficient (Wildman–Crippen LogP) is 16.3. The van der Waals surface area contributed by atoms with Crippen LogP contribution in [0.1, 0.15) is 126 Å². The molecule has 510 valence electrons. The van der Waals surface area contributed by atoms with Crippen LogP contribution in [-0.4, -0.2) is 160 Å². The van der Waals surface area contributed by atoms with Crippen molar-refractivity contribution in [2.75, 3.05) is 98.2 Å². The molecule has 0 spiro atoms. The van der Waals surface area contributed by atoms with Crippen LogP contribution in [0.2, 0.25) is 0 Å². The van der Waals surface area contributed by atoms with E-state index in [0.717, 1.165) is 88.8 Å². The summed E-state index contributed by atoms with van der Waals surface area (Å²) < 4.78 is 88.5. The summed E-state index contributed by atoms with van der Waals surface area (Å²) in [6, 6.07) is 50.7. The van der Waals surface area contributed by atoms with Crippen LogP contribution in [0.25, 0.3) is 32.7 Å². The molecule has 18 heteroatoms. The van der Waals surface area contributed by atoms with E-state index in [9.17, 15) is 40.7 Å². The average Bonchev–Trinajstić information content (AvgIpc) is 1.84. The Morgan fingerprint density at radius 2 is 0.708 bits per heavy atom. The molecule has 3 aliphatic heterocycles. The lowest BCUT2D eigenvalue weighted by atomic mass is 9.95. The molecule has 9 aromatic rings. The lowest BCUT2D eigenvalue weighted by Crippen LogP contribution is -2.44. The fourth-order valence-electron chi connectivity index (χ4n) is 13.7. The van der Waals surface area contributed by atoms with Crippen molar-refractivity contribution in [2.45, 2.75) is 97.3 Å². The Balaban J connectivity index is 0.000000157. The first-order valence-corrected chi connectivity index (χ1v) is 34.3. The monoisotopic (exact) mass is 1320 g/mol. The number of aromatic nitrogens is 3. The van der Waals surface area contributed by atoms with Crippen LogP contribution in [0.5, 0.6) is 0 Å². The number of carbonyl (C=O) groups is 3. The molecule has 3 aromatic heterocycles. The second-order valence-corrected chi connectivity index (χ2v) is 26.4. The zero-order valence-corrected chi connectivity index (χ0v) is 56.1. The summed E-state index contributed by atoms with van der Waals surface area (Å²) in [6.45, 7) is 16.6. The molecule has 0 radical (unpaired) electrons. The molecule has 0 saturated carbocycles. The van der Waals surface area contributed by atoms with Gasteiger partial charge in [-0.3, -0.25) is 29.1 Å². The lowest BCUT2D eigenvalue weighted by Gasteiger charge is -2.36. The number of nitrogens with zero attached hydrogens (tertiary/aromatic N) is 6. The number of aromatic amines is 3. The minimum atomic E-state index is -2.86. The Morgan fingerprint density at radius 3 is 1.04 bits per heavy atom. The minimum Gasteiger partial charge on any atom is -0.351 e. The number of piperidine rings is 3. The molecule has 0 aliphatic carbocycles. The van der Waals surface area contributed by atoms with Gasteiger partial charge in [0.15, 0.2) is 0 Å². The summed E-state index contributed by atoms with van der Waals surface area (Å²) in [7, 11) is 0. The van der Waals surface area contributed by atoms with Crippen molar-refractivity contribution in [1.29, 1.82) is 0 Å². The van der Waals surface area contributed by atoms with Gasteiger partial charge in [0, 0.05) is 88.7 Å². The first kappa shape index (κ1) is 70.6. The molecule has 6 aromatic carbocycles. The number of benzene rings is 6. The third-order valence-corrected chi connectivity index (χ3v) is 19.5. The van der Waals surface area contributed by atoms with Gasteiger partial charge in [-0.05, 0) is 178 Å². The summed E-state index contributed by atoms with van der Waals surface area (Å²) in [5.41, 5.74) is 6.70. The van der Waals surface area contributed by atoms with E-state index >= 15 is 0 Å². The van der Waals surface area contributed by atoms with Crippen molar-refractivity contribution >= 4 is 50.4 Å². The Bertz CT molecular complexity index is 3880. The van der Waals surface area contributed by atoms with Crippen molar-refractivity contribution in [2.24, 2.45) is 17.8 Å². The van der Waals surface area contributed by atoms with Gasteiger partial charge in [0.1, 0.15) is 17.1 Å². The number of aryl methyl sites for hydroxylation is 2. The summed E-state index contributed by atoms with van der Waals surface area (Å²) >= 11 is 0. The van der Waals surface area contributed by atoms with E-state index in [1.807, 2.05) is 167 Å². The molecule has 0 bridgehead atoms. The predicted molar refractivity (Wildman–Crippen MR) is 372 cm³/mol. The van der Waals surface area contributed by atoms with Crippen molar-refractivity contribution in [3.05, 3.63) is 215 Å². The van der Waals surface area contributed by atoms with Gasteiger partial charge >= 0.3 is 0 Å². The summed E-state index contributed by atoms with van der Waals surface area (Å²) in [5.74, 6) is -7.60. The first-order valence-electron chi connectivity index (χ1n) is 34.3. The van der Waals surface area contributed by atoms with Crippen molar-refractivity contribution in [3.8, 4) is 0 Å². The maximum absolute atomic E-state index is 14.9. The molecule has 12 rings (SSSR count). The number of amides is 3. The van der Waals surface area contributed by atoms with Gasteiger partial charge < -0.3 is 29.7 Å². The Morgan fingerprint density at radius 1 is 0.396 bits per heavy atom. The molecular weight excluding hydrogens is 1220 g/mol. The minimum absolute atomic E-state index is 0.00142. The summed E-state index contributed by atoms with van der Waals surface area (Å²) in [6.07, 6.45) is 5.67. The molecule has 3 fully saturated rings. The van der Waals surface area contributed by atoms with Crippen LogP contribution in [0, 0.1) is 24.7 Å². The van der Waals surface area contributed by atoms with Gasteiger partial charge in [-0.25, -0.2) is 0 Å². The van der Waals surface area contributed by atoms with Crippen molar-refractivity contribution in [3.63, 3.8) is 0 Å². The number of fused-ring (bicyclic) bond motifs is 3. The van der Waals surface area contributed by atoms with Gasteiger partial charge in [0.05, 0.1) is 19.6 Å². The topological polar surface area (TPSA) is 118 Å². The van der Waals surface area contributed by atoms with Gasteiger partial charge in [-0.15, -0.1) is 0 Å². The standard InChI is InChI=1S/C27H33F2N3O.C26H31F2N3O.C25H29F2N3O/c1-3-20-8-7-10-23(16-20)27(28,29)19-31-14-12-21(13-15-31)18-32(4-2)26(33)25-17-22-9-5-6-11-24(22)30-25;1-3-31(25(32)24-16-21-8-4-5-10-23(21)29-24)17-20-11-13-30(14-12-20)18-26(27,28)22-9-6-7-19(2)15-22;1-2-30(24(31)23-16-20-8-6-7-11-22(20)28-23)17-19-12-14-29(15-13-19)18-25(26,27)21-9-4-3-5-10-21/h5-11,16-17,21,30H,3-4,12-15,18-19H2,1-2H3;4-10,15-16,20,29H,3,11-14,17-18H2,1-2H3;3-11,16,19,28H,2,12-15,17-18H2,1H3. The van der Waals surface area contributed by atoms with Crippen LogP contribution in [0.4, 0.5) is 26.3 Å². The van der Waals surface area contributed by atoms with E-state index in [0.29, 0.717) is 113 Å². The SMILES string of the molecule is CCN(CC1CCN(CC(F)(F)c2cccc(C)c2)CC1)C(=O)c1cc2ccccc2[nH]1.CCN(CC1CCN(CC(F)(F)c2ccccc2)CC1)C(=O)c1cc2ccccc2[nH]1.CCc1cccc(C(F)(F)CN2CCC(CN(CC)C(=O)c3cc4ccccc4[nH]3)CC2)c1. The van der Waals surface area contributed by atoms with Crippen molar-refractivity contribution in [1.82, 2.24) is 44.4 Å². The van der Waals surface area contributed by atoms with Crippen molar-refractivity contribution < 1.29 is 40.7 Å². The number of likely N-dealkylation sites (tertiary alicyclic amines) is 3. The highest BCUT2D eigenvalue weighted by molar-refractivity contribution is 5.99. The number of carbonyl (C=O) groups excluding carboxylic acids is 3. The lowest BCUT2D eigenvalue weighted by molar-refractivity contribution is -0.0456. The number of H-pyrrole nitrogens is 3. The largest absolute Gasteiger partial charge is 0.351 e. The first-order chi connectivity index (χ1) is 46.2. The third-order valence-electron chi connectivity index (χ3n) is 19.5. The number of hydrogen-bond acceptors (Lipinski definition) is 6. The Hall–Kier alpha value is -8.19. The van der Waals surface area contributed by atoms with E-state index in [1.54, 1.807) is 42.5 Å². The zero-order chi connectivity index (χ0) is 68.0. The molecule has 6 heterocycles. The zero-order valence-electron chi connectivity index (χ0n) is 56.1. The quantitative estimate of drug-likeness (QED) is 0.0582. The summed E-state index contributed by atoms with van der Waals surface area (Å²) in [4.78, 5) is 59.9. The third kappa shape index (κ3) is 18.3. The van der Waals surface area contributed by atoms with Crippen LogP contribution in [0.15, 0.2) is 170 Å². The second kappa shape index (κ2) is 32.2. The van der Waals surface area contributed by atoms with E-state index in [4.69, 9.17) is 0 Å². The molecule has 3 N–H and O–H groups in total. The van der Waals surface area contributed by atoms with E-state index < -0.39 is 17.8 Å². The fraction of sp³-hybridized carbons (Fsp3) is 0.423. The number of alkyl halides is 6. The molecular formula is C78H93F6N9O3. The molecule has 0 atom stereocenters. The Kier molecular flexibility index (Phi) is 23.7. The molecule has 3 saturated heterocycles. The van der Waals surface area contributed by atoms with E-state index in [2.05, 4.69) is 15.0 Å². The maximum Gasteiger partial charge on any atom is 0.285 e. The molecule has 0 unspecified atom stereocenters. The van der Waals surface area contributed by atoms with Crippen LogP contribution in [-0.2, 0) is 24.2 Å². The molecule has 12 nitrogen and oxygen atoms in total. The number of rotatable bonds is 22. The second-order valence-electron chi connectivity index (χ2n) is 26.4. The van der Waals surface area contributed by atoms with Crippen LogP contribution < -0.4 is 0 Å². The van der Waals surface area contributed by atoms with Gasteiger partial charge in [0.25, 0.3) is 35.5 Å². The summed E-state index contributed by atoms with van der Waals surface area (Å²) in [5, 5.41) is 3.07. The Labute approximate surface area is 561 Å². The van der Waals surface area contributed by atoms with Crippen LogP contribution in [0.3, 0.4) is 0 Å². The van der Waals surface area contributed by atoms with Gasteiger partial charge in [-0.1, -0.05) is 140 Å². The van der Waals surface area contributed by atoms with Gasteiger partial charge in [-0.2, -0.15) is 26.3 Å². The van der Waals surface area contributed by atoms with E-state index in [1.165, 1.54) is 24.3 Å². The highest BCUT2D eigenvalue weighted by atomic mass is 19.3. The number of hydrogen-bond donors (Lipinski definition) is 3. The smallest absolute Gasteiger partial charge is 0.285 e. The number of para-hydroxylation sites is 3. The normalized spacial score (nSPS) is 15.9. The highest BCUT2D eigenvalue weighted by Crippen LogP contribution is 2.35. The fourth-order valence-corrected chi connectivity index (χ4v) is 13.7. The maximum atomic E-state index is 14.9. The number of nitrogens with one attached hydrogen (secondary N) is 3. The molecule has 96 heavy (non-hydrogen) atoms. The van der Waals surface area contributed by atoms with Gasteiger partial charge in [0.2, 0.25) is 0 Å². The average molecular weight is 1320 g/mol. The van der Waals surface area contributed by atoms with E-state index in [-0.39, 0.29) is 54.0 Å². The molecule has 3 amide bonds.